The maximum absolute atomic E-state index is 10.5. The first-order valence-corrected chi connectivity index (χ1v) is 9.42. The van der Waals surface area contributed by atoms with Gasteiger partial charge in [0.1, 0.15) is 11.3 Å². The molecule has 3 nitrogen and oxygen atoms in total. The topological polar surface area (TPSA) is 49.2 Å². The molecule has 0 aliphatic heterocycles. The van der Waals surface area contributed by atoms with Crippen LogP contribution in [0.1, 0.15) is 0 Å². The van der Waals surface area contributed by atoms with Gasteiger partial charge >= 0.3 is 0 Å². The van der Waals surface area contributed by atoms with Crippen molar-refractivity contribution in [1.82, 2.24) is 4.98 Å². The zero-order valence-corrected chi connectivity index (χ0v) is 15.4. The van der Waals surface area contributed by atoms with Crippen molar-refractivity contribution in [3.63, 3.8) is 0 Å². The first kappa shape index (κ1) is 15.6. The number of phenolic OH excluding ortho intramolecular Hbond substituents is 1. The van der Waals surface area contributed by atoms with E-state index < -0.39 is 0 Å². The molecular weight excluding hydrogens is 370 g/mol. The van der Waals surface area contributed by atoms with Gasteiger partial charge in [-0.3, -0.25) is 0 Å². The number of halogens is 1. The Morgan fingerprint density at radius 2 is 1.71 bits per heavy atom. The van der Waals surface area contributed by atoms with Gasteiger partial charge < -0.3 is 14.5 Å². The smallest absolute Gasteiger partial charge is 0.160 e. The zero-order valence-electron chi connectivity index (χ0n) is 14.7. The summed E-state index contributed by atoms with van der Waals surface area (Å²) in [4.78, 5) is 3.52. The molecule has 0 amide bonds. The molecule has 4 heteroatoms. The Kier molecular flexibility index (Phi) is 3.09. The van der Waals surface area contributed by atoms with E-state index >= 15 is 0 Å². The summed E-state index contributed by atoms with van der Waals surface area (Å²) in [5.74, 6) is 0.199. The molecule has 0 saturated carbocycles. The minimum absolute atomic E-state index is 0.199. The summed E-state index contributed by atoms with van der Waals surface area (Å²) in [6.07, 6.45) is 0. The molecule has 0 spiro atoms. The average molecular weight is 384 g/mol. The highest BCUT2D eigenvalue weighted by Crippen LogP contribution is 2.43. The largest absolute Gasteiger partial charge is 0.507 e. The highest BCUT2D eigenvalue weighted by atomic mass is 35.5. The predicted octanol–water partition coefficient (Wildman–Crippen LogP) is 7.25. The van der Waals surface area contributed by atoms with Crippen LogP contribution in [0.3, 0.4) is 0 Å². The van der Waals surface area contributed by atoms with Crippen LogP contribution in [0, 0.1) is 0 Å². The lowest BCUT2D eigenvalue weighted by Gasteiger charge is -2.10. The number of H-pyrrole nitrogens is 1. The van der Waals surface area contributed by atoms with Crippen molar-refractivity contribution in [2.45, 2.75) is 0 Å². The van der Waals surface area contributed by atoms with E-state index in [1.54, 1.807) is 18.2 Å². The molecule has 0 bridgehead atoms. The monoisotopic (exact) mass is 383 g/mol. The van der Waals surface area contributed by atoms with Crippen LogP contribution in [0.15, 0.2) is 77.2 Å². The van der Waals surface area contributed by atoms with Crippen LogP contribution in [-0.2, 0) is 0 Å². The zero-order chi connectivity index (χ0) is 18.8. The Bertz CT molecular complexity index is 1540. The molecule has 0 unspecified atom stereocenters. The fraction of sp³-hybridized carbons (Fsp3) is 0. The lowest BCUT2D eigenvalue weighted by Crippen LogP contribution is -1.84. The van der Waals surface area contributed by atoms with E-state index in [4.69, 9.17) is 16.0 Å². The lowest BCUT2D eigenvalue weighted by atomic mass is 9.95. The first-order chi connectivity index (χ1) is 13.7. The molecule has 0 fully saturated rings. The fourth-order valence-electron chi connectivity index (χ4n) is 4.15. The Balaban J connectivity index is 1.84. The van der Waals surface area contributed by atoms with E-state index in [0.717, 1.165) is 49.3 Å². The van der Waals surface area contributed by atoms with E-state index in [1.807, 2.05) is 42.5 Å². The number of furan rings is 1. The quantitative estimate of drug-likeness (QED) is 0.314. The number of hydrogen-bond donors (Lipinski definition) is 2. The fourth-order valence-corrected chi connectivity index (χ4v) is 4.32. The number of hydrogen-bond acceptors (Lipinski definition) is 2. The first-order valence-electron chi connectivity index (χ1n) is 9.04. The second-order valence-corrected chi connectivity index (χ2v) is 7.42. The molecule has 2 aromatic heterocycles. The summed E-state index contributed by atoms with van der Waals surface area (Å²) in [6.45, 7) is 0. The third-order valence-corrected chi connectivity index (χ3v) is 5.61. The molecule has 0 saturated heterocycles. The Labute approximate surface area is 164 Å². The van der Waals surface area contributed by atoms with Crippen molar-refractivity contribution in [2.24, 2.45) is 0 Å². The van der Waals surface area contributed by atoms with Gasteiger partial charge in [-0.25, -0.2) is 0 Å². The van der Waals surface area contributed by atoms with Crippen molar-refractivity contribution < 1.29 is 9.52 Å². The van der Waals surface area contributed by atoms with Gasteiger partial charge in [0, 0.05) is 26.9 Å². The van der Waals surface area contributed by atoms with Crippen LogP contribution in [0.4, 0.5) is 0 Å². The van der Waals surface area contributed by atoms with Gasteiger partial charge in [0.2, 0.25) is 0 Å². The van der Waals surface area contributed by atoms with Crippen LogP contribution in [0.2, 0.25) is 5.02 Å². The van der Waals surface area contributed by atoms with Crippen molar-refractivity contribution in [3.8, 4) is 16.9 Å². The Morgan fingerprint density at radius 3 is 2.64 bits per heavy atom. The van der Waals surface area contributed by atoms with Crippen molar-refractivity contribution in [2.75, 3.05) is 0 Å². The van der Waals surface area contributed by atoms with E-state index in [9.17, 15) is 5.11 Å². The summed E-state index contributed by atoms with van der Waals surface area (Å²) in [7, 11) is 0. The molecule has 2 N–H and O–H groups in total. The lowest BCUT2D eigenvalue weighted by molar-refractivity contribution is 0.477. The molecule has 0 aliphatic rings. The van der Waals surface area contributed by atoms with Gasteiger partial charge in [-0.15, -0.1) is 0 Å². The van der Waals surface area contributed by atoms with E-state index in [1.165, 1.54) is 0 Å². The van der Waals surface area contributed by atoms with Crippen LogP contribution in [0.5, 0.6) is 5.75 Å². The Morgan fingerprint density at radius 1 is 0.821 bits per heavy atom. The van der Waals surface area contributed by atoms with Crippen molar-refractivity contribution in [1.29, 1.82) is 0 Å². The van der Waals surface area contributed by atoms with Gasteiger partial charge in [-0.05, 0) is 47.3 Å². The minimum atomic E-state index is 0.199. The SMILES string of the molecule is Oc1ccc(Cl)cc1-c1cccc2ccc3oc4c5ccccc5[nH]c4c3c12. The van der Waals surface area contributed by atoms with Gasteiger partial charge in [0.05, 0.1) is 10.9 Å². The van der Waals surface area contributed by atoms with E-state index in [2.05, 4.69) is 17.1 Å². The molecule has 0 atom stereocenters. The van der Waals surface area contributed by atoms with Gasteiger partial charge in [0.25, 0.3) is 0 Å². The number of phenols is 1. The molecular formula is C24H14ClNO2. The molecule has 6 rings (SSSR count). The highest BCUT2D eigenvalue weighted by Gasteiger charge is 2.18. The number of aromatic nitrogens is 1. The summed E-state index contributed by atoms with van der Waals surface area (Å²) in [5, 5.41) is 15.3. The number of rotatable bonds is 1. The molecule has 2 heterocycles. The average Bonchev–Trinajstić information content (AvgIpc) is 3.25. The van der Waals surface area contributed by atoms with Crippen molar-refractivity contribution >= 4 is 55.3 Å². The second-order valence-electron chi connectivity index (χ2n) is 6.98. The normalized spacial score (nSPS) is 11.9. The summed E-state index contributed by atoms with van der Waals surface area (Å²) in [6, 6.07) is 23.4. The maximum atomic E-state index is 10.5. The number of para-hydroxylation sites is 1. The number of aromatic hydroxyl groups is 1. The van der Waals surface area contributed by atoms with E-state index in [-0.39, 0.29) is 5.75 Å². The maximum Gasteiger partial charge on any atom is 0.160 e. The standard InChI is InChI=1S/C24H14ClNO2/c25-14-9-10-19(27)17(12-14)15-6-3-4-13-8-11-20-22(21(13)15)23-24(28-20)16-5-1-2-7-18(16)26-23/h1-12,26-27H. The number of nitrogens with one attached hydrogen (secondary N) is 1. The highest BCUT2D eigenvalue weighted by molar-refractivity contribution is 6.31. The third kappa shape index (κ3) is 2.05. The summed E-state index contributed by atoms with van der Waals surface area (Å²) in [5.41, 5.74) is 5.30. The molecule has 4 aromatic carbocycles. The molecule has 6 aromatic rings. The number of aromatic amines is 1. The summed E-state index contributed by atoms with van der Waals surface area (Å²) >= 11 is 6.23. The van der Waals surface area contributed by atoms with Crippen LogP contribution in [0.25, 0.3) is 54.9 Å². The van der Waals surface area contributed by atoms with Gasteiger partial charge in [-0.1, -0.05) is 48.0 Å². The predicted molar refractivity (Wildman–Crippen MR) is 115 cm³/mol. The number of fused-ring (bicyclic) bond motifs is 7. The third-order valence-electron chi connectivity index (χ3n) is 5.38. The molecule has 28 heavy (non-hydrogen) atoms. The van der Waals surface area contributed by atoms with Crippen LogP contribution >= 0.6 is 11.6 Å². The molecule has 0 radical (unpaired) electrons. The van der Waals surface area contributed by atoms with Crippen LogP contribution in [-0.4, -0.2) is 10.1 Å². The number of benzene rings is 4. The second kappa shape index (κ2) is 5.54. The summed E-state index contributed by atoms with van der Waals surface area (Å²) < 4.78 is 6.24. The Hall–Kier alpha value is -3.43. The van der Waals surface area contributed by atoms with E-state index in [0.29, 0.717) is 10.6 Å². The van der Waals surface area contributed by atoms with Crippen molar-refractivity contribution in [3.05, 3.63) is 77.8 Å². The minimum Gasteiger partial charge on any atom is -0.507 e. The molecule has 134 valence electrons. The molecule has 0 aliphatic carbocycles. The van der Waals surface area contributed by atoms with Gasteiger partial charge in [-0.2, -0.15) is 0 Å². The van der Waals surface area contributed by atoms with Crippen LogP contribution < -0.4 is 0 Å². The van der Waals surface area contributed by atoms with Gasteiger partial charge in [0.15, 0.2) is 5.58 Å².